The average Bonchev–Trinajstić information content (AvgIpc) is 3.13. The van der Waals surface area contributed by atoms with Crippen molar-refractivity contribution >= 4 is 23.2 Å². The topological polar surface area (TPSA) is 66.6 Å². The lowest BCUT2D eigenvalue weighted by atomic mass is 10.0. The van der Waals surface area contributed by atoms with Crippen LogP contribution in [0.4, 0.5) is 11.4 Å². The SMILES string of the molecule is NCC(=O)N1c2ccccc2N(Cc2ccccc2)C(=O)C2CCCC21. The number of benzene rings is 2. The third-order valence-corrected chi connectivity index (χ3v) is 5.45. The van der Waals surface area contributed by atoms with E-state index in [1.54, 1.807) is 4.90 Å². The predicted molar refractivity (Wildman–Crippen MR) is 102 cm³/mol. The number of anilines is 2. The van der Waals surface area contributed by atoms with Gasteiger partial charge in [0.15, 0.2) is 0 Å². The minimum atomic E-state index is -0.165. The van der Waals surface area contributed by atoms with Crippen LogP contribution in [-0.4, -0.2) is 24.4 Å². The zero-order valence-corrected chi connectivity index (χ0v) is 14.7. The van der Waals surface area contributed by atoms with Gasteiger partial charge in [-0.3, -0.25) is 9.59 Å². The lowest BCUT2D eigenvalue weighted by Crippen LogP contribution is -2.47. The van der Waals surface area contributed by atoms with Crippen LogP contribution in [0.25, 0.3) is 0 Å². The van der Waals surface area contributed by atoms with Gasteiger partial charge in [0, 0.05) is 6.04 Å². The highest BCUT2D eigenvalue weighted by Gasteiger charge is 2.45. The molecule has 5 heteroatoms. The van der Waals surface area contributed by atoms with Crippen molar-refractivity contribution in [2.45, 2.75) is 31.8 Å². The van der Waals surface area contributed by atoms with Crippen LogP contribution in [-0.2, 0) is 16.1 Å². The lowest BCUT2D eigenvalue weighted by Gasteiger charge is -2.30. The first kappa shape index (κ1) is 16.8. The Bertz CT molecular complexity index is 821. The Morgan fingerprint density at radius 1 is 1.00 bits per heavy atom. The van der Waals surface area contributed by atoms with Crippen molar-refractivity contribution in [3.63, 3.8) is 0 Å². The molecule has 0 saturated heterocycles. The van der Waals surface area contributed by atoms with Gasteiger partial charge < -0.3 is 15.5 Å². The van der Waals surface area contributed by atoms with Crippen molar-refractivity contribution in [3.05, 3.63) is 60.2 Å². The Hall–Kier alpha value is -2.66. The fraction of sp³-hybridized carbons (Fsp3) is 0.333. The van der Waals surface area contributed by atoms with E-state index in [4.69, 9.17) is 5.73 Å². The van der Waals surface area contributed by atoms with E-state index < -0.39 is 0 Å². The first-order chi connectivity index (χ1) is 12.7. The number of carbonyl (C=O) groups is 2. The van der Waals surface area contributed by atoms with E-state index in [2.05, 4.69) is 0 Å². The van der Waals surface area contributed by atoms with Gasteiger partial charge in [-0.05, 0) is 30.5 Å². The van der Waals surface area contributed by atoms with Gasteiger partial charge in [-0.1, -0.05) is 48.9 Å². The molecule has 2 aromatic carbocycles. The Kier molecular flexibility index (Phi) is 4.47. The molecule has 0 bridgehead atoms. The average molecular weight is 349 g/mol. The van der Waals surface area contributed by atoms with E-state index in [-0.39, 0.29) is 30.3 Å². The summed E-state index contributed by atoms with van der Waals surface area (Å²) >= 11 is 0. The minimum Gasteiger partial charge on any atom is -0.322 e. The fourth-order valence-corrected chi connectivity index (χ4v) is 4.28. The molecule has 2 aromatic rings. The number of hydrogen-bond donors (Lipinski definition) is 1. The number of amides is 2. The first-order valence-corrected chi connectivity index (χ1v) is 9.17. The van der Waals surface area contributed by atoms with Crippen LogP contribution >= 0.6 is 0 Å². The normalized spacial score (nSPS) is 22.0. The van der Waals surface area contributed by atoms with Crippen LogP contribution in [0.15, 0.2) is 54.6 Å². The number of rotatable bonds is 3. The summed E-state index contributed by atoms with van der Waals surface area (Å²) in [6, 6.07) is 17.6. The number of hydrogen-bond acceptors (Lipinski definition) is 3. The highest BCUT2D eigenvalue weighted by molar-refractivity contribution is 6.07. The second kappa shape index (κ2) is 6.92. The minimum absolute atomic E-state index is 0.0512. The summed E-state index contributed by atoms with van der Waals surface area (Å²) in [5.41, 5.74) is 8.35. The Morgan fingerprint density at radius 3 is 2.42 bits per heavy atom. The second-order valence-corrected chi connectivity index (χ2v) is 6.97. The van der Waals surface area contributed by atoms with Crippen LogP contribution in [0.2, 0.25) is 0 Å². The molecule has 2 unspecified atom stereocenters. The maximum absolute atomic E-state index is 13.4. The molecule has 1 fully saturated rings. The molecular formula is C21H23N3O2. The van der Waals surface area contributed by atoms with E-state index in [0.717, 1.165) is 36.2 Å². The highest BCUT2D eigenvalue weighted by Crippen LogP contribution is 2.43. The quantitative estimate of drug-likeness (QED) is 0.926. The first-order valence-electron chi connectivity index (χ1n) is 9.17. The van der Waals surface area contributed by atoms with Crippen molar-refractivity contribution in [2.24, 2.45) is 11.7 Å². The summed E-state index contributed by atoms with van der Waals surface area (Å²) in [4.78, 5) is 29.7. The molecule has 1 heterocycles. The third kappa shape index (κ3) is 2.78. The molecule has 0 radical (unpaired) electrons. The van der Waals surface area contributed by atoms with Crippen molar-refractivity contribution in [1.29, 1.82) is 0 Å². The van der Waals surface area contributed by atoms with E-state index in [9.17, 15) is 9.59 Å². The number of para-hydroxylation sites is 2. The van der Waals surface area contributed by atoms with Gasteiger partial charge in [-0.2, -0.15) is 0 Å². The largest absolute Gasteiger partial charge is 0.322 e. The van der Waals surface area contributed by atoms with Gasteiger partial charge in [0.25, 0.3) is 0 Å². The third-order valence-electron chi connectivity index (χ3n) is 5.45. The van der Waals surface area contributed by atoms with Gasteiger partial charge in [-0.25, -0.2) is 0 Å². The molecule has 1 saturated carbocycles. The van der Waals surface area contributed by atoms with Crippen molar-refractivity contribution in [2.75, 3.05) is 16.3 Å². The molecule has 2 aliphatic rings. The van der Waals surface area contributed by atoms with Crippen LogP contribution in [0.1, 0.15) is 24.8 Å². The van der Waals surface area contributed by atoms with Crippen molar-refractivity contribution in [3.8, 4) is 0 Å². The highest BCUT2D eigenvalue weighted by atomic mass is 16.2. The van der Waals surface area contributed by atoms with E-state index in [1.165, 1.54) is 0 Å². The number of nitrogens with two attached hydrogens (primary N) is 1. The van der Waals surface area contributed by atoms with Gasteiger partial charge >= 0.3 is 0 Å². The van der Waals surface area contributed by atoms with E-state index >= 15 is 0 Å². The summed E-state index contributed by atoms with van der Waals surface area (Å²) < 4.78 is 0. The summed E-state index contributed by atoms with van der Waals surface area (Å²) in [7, 11) is 0. The lowest BCUT2D eigenvalue weighted by molar-refractivity contribution is -0.123. The molecule has 26 heavy (non-hydrogen) atoms. The monoisotopic (exact) mass is 349 g/mol. The zero-order valence-electron chi connectivity index (χ0n) is 14.7. The molecule has 5 nitrogen and oxygen atoms in total. The van der Waals surface area contributed by atoms with Crippen molar-refractivity contribution < 1.29 is 9.59 Å². The second-order valence-electron chi connectivity index (χ2n) is 6.97. The van der Waals surface area contributed by atoms with Crippen LogP contribution in [0.5, 0.6) is 0 Å². The molecular weight excluding hydrogens is 326 g/mol. The standard InChI is InChI=1S/C21H23N3O2/c22-13-20(25)24-17-12-6-9-16(17)21(26)23(14-15-7-2-1-3-8-15)18-10-4-5-11-19(18)24/h1-5,7-8,10-11,16-17H,6,9,12-14,22H2. The predicted octanol–water partition coefficient (Wildman–Crippen LogP) is 2.69. The number of carbonyl (C=O) groups excluding carboxylic acids is 2. The smallest absolute Gasteiger partial charge is 0.241 e. The summed E-state index contributed by atoms with van der Waals surface area (Å²) in [5.74, 6) is -0.179. The number of fused-ring (bicyclic) bond motifs is 2. The molecule has 2 N–H and O–H groups in total. The van der Waals surface area contributed by atoms with Crippen LogP contribution < -0.4 is 15.5 Å². The zero-order chi connectivity index (χ0) is 18.1. The molecule has 2 atom stereocenters. The molecule has 2 amide bonds. The van der Waals surface area contributed by atoms with E-state index in [1.807, 2.05) is 59.5 Å². The van der Waals surface area contributed by atoms with Gasteiger partial charge in [0.2, 0.25) is 11.8 Å². The van der Waals surface area contributed by atoms with Crippen molar-refractivity contribution in [1.82, 2.24) is 0 Å². The molecule has 4 rings (SSSR count). The summed E-state index contributed by atoms with van der Waals surface area (Å²) in [6.07, 6.45) is 2.61. The van der Waals surface area contributed by atoms with E-state index in [0.29, 0.717) is 6.54 Å². The van der Waals surface area contributed by atoms with Gasteiger partial charge in [0.05, 0.1) is 30.4 Å². The molecule has 1 aliphatic carbocycles. The molecule has 0 spiro atoms. The summed E-state index contributed by atoms with van der Waals surface area (Å²) in [6.45, 7) is 0.453. The Labute approximate surface area is 153 Å². The Balaban J connectivity index is 1.83. The van der Waals surface area contributed by atoms with Crippen LogP contribution in [0, 0.1) is 5.92 Å². The molecule has 134 valence electrons. The fourth-order valence-electron chi connectivity index (χ4n) is 4.28. The van der Waals surface area contributed by atoms with Gasteiger partial charge in [-0.15, -0.1) is 0 Å². The molecule has 1 aliphatic heterocycles. The number of nitrogens with zero attached hydrogens (tertiary/aromatic N) is 2. The summed E-state index contributed by atoms with van der Waals surface area (Å²) in [5, 5.41) is 0. The maximum atomic E-state index is 13.4. The maximum Gasteiger partial charge on any atom is 0.241 e. The Morgan fingerprint density at radius 2 is 1.69 bits per heavy atom. The van der Waals surface area contributed by atoms with Crippen LogP contribution in [0.3, 0.4) is 0 Å². The van der Waals surface area contributed by atoms with Gasteiger partial charge in [0.1, 0.15) is 0 Å². The molecule has 0 aromatic heterocycles.